The highest BCUT2D eigenvalue weighted by atomic mass is 16.6. The first-order valence-electron chi connectivity index (χ1n) is 18.2. The summed E-state index contributed by atoms with van der Waals surface area (Å²) in [5.74, 6) is 3.57. The highest BCUT2D eigenvalue weighted by Crippen LogP contribution is 2.59. The Morgan fingerprint density at radius 1 is 0.444 bits per heavy atom. The van der Waals surface area contributed by atoms with Crippen molar-refractivity contribution in [2.45, 2.75) is 19.3 Å². The lowest BCUT2D eigenvalue weighted by Crippen LogP contribution is -2.15. The van der Waals surface area contributed by atoms with Crippen molar-refractivity contribution in [1.29, 1.82) is 0 Å². The van der Waals surface area contributed by atoms with Gasteiger partial charge in [-0.1, -0.05) is 135 Å². The zero-order chi connectivity index (χ0) is 36.0. The summed E-state index contributed by atoms with van der Waals surface area (Å²) < 4.78 is 19.7. The van der Waals surface area contributed by atoms with Crippen LogP contribution in [0.25, 0.3) is 78.1 Å². The smallest absolute Gasteiger partial charge is 0.178 e. The summed E-state index contributed by atoms with van der Waals surface area (Å²) in [6, 6.07) is 54.0. The Morgan fingerprint density at radius 2 is 1.13 bits per heavy atom. The lowest BCUT2D eigenvalue weighted by molar-refractivity contribution is 0.361. The van der Waals surface area contributed by atoms with Gasteiger partial charge in [-0.15, -0.1) is 0 Å². The van der Waals surface area contributed by atoms with E-state index in [-0.39, 0.29) is 5.41 Å². The van der Waals surface area contributed by atoms with Gasteiger partial charge in [-0.25, -0.2) is 9.97 Å². The molecule has 0 bridgehead atoms. The standard InChI is InChI=1S/C49H32N2O3/c1-49(2)37-16-8-6-14-36(37)45-38(49)25-26-43-47(45)54-46-33(15-10-18-42(46)53-43)29-19-21-30(22-20-29)39-28-40(51-48(50-39)31-11-4-3-5-12-31)32-23-24-35-34-13-7-9-17-41(34)52-44(35)27-32/h3-28H,1-2H3. The van der Waals surface area contributed by atoms with E-state index in [1.807, 2.05) is 66.7 Å². The molecule has 5 heteroatoms. The van der Waals surface area contributed by atoms with Crippen molar-refractivity contribution < 1.29 is 13.9 Å². The Kier molecular flexibility index (Phi) is 6.53. The maximum atomic E-state index is 6.90. The van der Waals surface area contributed by atoms with E-state index in [1.54, 1.807) is 0 Å². The minimum absolute atomic E-state index is 0.138. The Labute approximate surface area is 312 Å². The van der Waals surface area contributed by atoms with Gasteiger partial charge in [0.1, 0.15) is 11.2 Å². The molecular formula is C49H32N2O3. The van der Waals surface area contributed by atoms with Gasteiger partial charge in [0.2, 0.25) is 0 Å². The topological polar surface area (TPSA) is 57.4 Å². The predicted octanol–water partition coefficient (Wildman–Crippen LogP) is 13.2. The minimum atomic E-state index is -0.138. The summed E-state index contributed by atoms with van der Waals surface area (Å²) in [5.41, 5.74) is 12.9. The number of furan rings is 1. The summed E-state index contributed by atoms with van der Waals surface area (Å²) in [6.07, 6.45) is 0. The Bertz CT molecular complexity index is 2960. The second-order valence-corrected chi connectivity index (χ2v) is 14.5. The molecule has 7 aromatic carbocycles. The van der Waals surface area contributed by atoms with Crippen LogP contribution in [0.3, 0.4) is 0 Å². The fourth-order valence-electron chi connectivity index (χ4n) is 8.24. The second kappa shape index (κ2) is 11.5. The van der Waals surface area contributed by atoms with Crippen LogP contribution < -0.4 is 9.47 Å². The van der Waals surface area contributed by atoms with Crippen LogP contribution in [0, 0.1) is 0 Å². The highest BCUT2D eigenvalue weighted by Gasteiger charge is 2.39. The van der Waals surface area contributed by atoms with E-state index in [0.717, 1.165) is 78.2 Å². The van der Waals surface area contributed by atoms with Gasteiger partial charge in [-0.3, -0.25) is 0 Å². The Hall–Kier alpha value is -6.98. The molecule has 9 aromatic rings. The number of aromatic nitrogens is 2. The average molecular weight is 697 g/mol. The van der Waals surface area contributed by atoms with Crippen LogP contribution in [0.5, 0.6) is 23.0 Å². The summed E-state index contributed by atoms with van der Waals surface area (Å²) in [6.45, 7) is 4.55. The summed E-state index contributed by atoms with van der Waals surface area (Å²) >= 11 is 0. The van der Waals surface area contributed by atoms with E-state index in [1.165, 1.54) is 16.7 Å². The molecule has 2 aromatic heterocycles. The molecule has 0 unspecified atom stereocenters. The van der Waals surface area contributed by atoms with Crippen molar-refractivity contribution >= 4 is 21.9 Å². The number of fused-ring (bicyclic) bond motifs is 9. The molecule has 1 aliphatic carbocycles. The molecule has 54 heavy (non-hydrogen) atoms. The summed E-state index contributed by atoms with van der Waals surface area (Å²) in [7, 11) is 0. The van der Waals surface area contributed by atoms with Crippen molar-refractivity contribution in [2.24, 2.45) is 0 Å². The lowest BCUT2D eigenvalue weighted by atomic mass is 9.82. The van der Waals surface area contributed by atoms with Crippen molar-refractivity contribution in [3.05, 3.63) is 169 Å². The van der Waals surface area contributed by atoms with Gasteiger partial charge in [-0.05, 0) is 58.7 Å². The number of benzene rings is 7. The quantitative estimate of drug-likeness (QED) is 0.183. The van der Waals surface area contributed by atoms with E-state index in [2.05, 4.69) is 105 Å². The molecule has 0 saturated heterocycles. The molecule has 256 valence electrons. The molecule has 0 spiro atoms. The fraction of sp³-hybridized carbons (Fsp3) is 0.0612. The van der Waals surface area contributed by atoms with E-state index in [9.17, 15) is 0 Å². The molecule has 0 radical (unpaired) electrons. The van der Waals surface area contributed by atoms with E-state index >= 15 is 0 Å². The molecule has 1 aliphatic heterocycles. The molecule has 5 nitrogen and oxygen atoms in total. The van der Waals surface area contributed by atoms with Crippen LogP contribution in [-0.2, 0) is 5.41 Å². The minimum Gasteiger partial charge on any atom is -0.456 e. The largest absolute Gasteiger partial charge is 0.456 e. The maximum absolute atomic E-state index is 6.90. The third-order valence-corrected chi connectivity index (χ3v) is 11.0. The normalized spacial score (nSPS) is 13.4. The third-order valence-electron chi connectivity index (χ3n) is 11.0. The van der Waals surface area contributed by atoms with E-state index in [0.29, 0.717) is 17.3 Å². The van der Waals surface area contributed by atoms with E-state index < -0.39 is 0 Å². The van der Waals surface area contributed by atoms with Crippen LogP contribution in [0.15, 0.2) is 162 Å². The number of ether oxygens (including phenoxy) is 2. The van der Waals surface area contributed by atoms with Gasteiger partial charge in [0.15, 0.2) is 28.8 Å². The number of para-hydroxylation sites is 2. The molecule has 0 fully saturated rings. The maximum Gasteiger partial charge on any atom is 0.178 e. The molecule has 0 atom stereocenters. The number of rotatable bonds is 4. The molecule has 0 N–H and O–H groups in total. The average Bonchev–Trinajstić information content (AvgIpc) is 3.71. The predicted molar refractivity (Wildman–Crippen MR) is 215 cm³/mol. The van der Waals surface area contributed by atoms with Crippen LogP contribution in [0.4, 0.5) is 0 Å². The fourth-order valence-corrected chi connectivity index (χ4v) is 8.24. The van der Waals surface area contributed by atoms with Crippen molar-refractivity contribution in [3.63, 3.8) is 0 Å². The van der Waals surface area contributed by atoms with E-state index in [4.69, 9.17) is 23.9 Å². The van der Waals surface area contributed by atoms with Crippen molar-refractivity contribution in [3.8, 4) is 79.2 Å². The highest BCUT2D eigenvalue weighted by molar-refractivity contribution is 6.05. The number of hydrogen-bond acceptors (Lipinski definition) is 5. The first-order valence-corrected chi connectivity index (χ1v) is 18.2. The summed E-state index contributed by atoms with van der Waals surface area (Å²) in [5, 5.41) is 2.19. The van der Waals surface area contributed by atoms with Gasteiger partial charge >= 0.3 is 0 Å². The molecule has 11 rings (SSSR count). The Balaban J connectivity index is 0.984. The zero-order valence-electron chi connectivity index (χ0n) is 29.6. The second-order valence-electron chi connectivity index (χ2n) is 14.5. The number of hydrogen-bond donors (Lipinski definition) is 0. The summed E-state index contributed by atoms with van der Waals surface area (Å²) in [4.78, 5) is 10.1. The number of nitrogens with zero attached hydrogens (tertiary/aromatic N) is 2. The first-order chi connectivity index (χ1) is 26.5. The SMILES string of the molecule is CC1(C)c2ccccc2-c2c1ccc1c2Oc2c(cccc2-c2ccc(-c3cc(-c4ccc5c(c4)oc4ccccc45)nc(-c4ccccc4)n3)cc2)O1. The monoisotopic (exact) mass is 696 g/mol. The Morgan fingerprint density at radius 3 is 2.00 bits per heavy atom. The third kappa shape index (κ3) is 4.65. The van der Waals surface area contributed by atoms with Gasteiger partial charge in [0, 0.05) is 44.0 Å². The van der Waals surface area contributed by atoms with Gasteiger partial charge in [0.05, 0.1) is 11.4 Å². The van der Waals surface area contributed by atoms with Crippen LogP contribution in [0.1, 0.15) is 25.0 Å². The molecule has 0 saturated carbocycles. The first kappa shape index (κ1) is 30.6. The molecule has 3 heterocycles. The molecular weight excluding hydrogens is 665 g/mol. The lowest BCUT2D eigenvalue weighted by Gasteiger charge is -2.26. The van der Waals surface area contributed by atoms with Gasteiger partial charge in [-0.2, -0.15) is 0 Å². The van der Waals surface area contributed by atoms with Crippen molar-refractivity contribution in [1.82, 2.24) is 9.97 Å². The zero-order valence-corrected chi connectivity index (χ0v) is 29.6. The molecule has 0 amide bonds. The van der Waals surface area contributed by atoms with Crippen LogP contribution in [0.2, 0.25) is 0 Å². The van der Waals surface area contributed by atoms with Gasteiger partial charge in [0.25, 0.3) is 0 Å². The van der Waals surface area contributed by atoms with Crippen molar-refractivity contribution in [2.75, 3.05) is 0 Å². The van der Waals surface area contributed by atoms with Crippen LogP contribution >= 0.6 is 0 Å². The molecule has 2 aliphatic rings. The van der Waals surface area contributed by atoms with Crippen LogP contribution in [-0.4, -0.2) is 9.97 Å². The van der Waals surface area contributed by atoms with Gasteiger partial charge < -0.3 is 13.9 Å².